The van der Waals surface area contributed by atoms with Crippen LogP contribution in [0, 0.1) is 0 Å². The van der Waals surface area contributed by atoms with Gasteiger partial charge < -0.3 is 10.1 Å². The van der Waals surface area contributed by atoms with Gasteiger partial charge in [-0.25, -0.2) is 4.79 Å². The maximum atomic E-state index is 11.7. The van der Waals surface area contributed by atoms with Crippen LogP contribution in [0.3, 0.4) is 0 Å². The second-order valence-electron chi connectivity index (χ2n) is 7.51. The Kier molecular flexibility index (Phi) is 18.0. The molecule has 1 amide bonds. The lowest BCUT2D eigenvalue weighted by Crippen LogP contribution is -2.38. The van der Waals surface area contributed by atoms with Gasteiger partial charge in [-0.3, -0.25) is 4.79 Å². The van der Waals surface area contributed by atoms with Crippen LogP contribution in [-0.2, 0) is 14.3 Å². The molecule has 4 heteroatoms. The fourth-order valence-electron chi connectivity index (χ4n) is 3.21. The van der Waals surface area contributed by atoms with Gasteiger partial charge in [-0.05, 0) is 13.3 Å². The summed E-state index contributed by atoms with van der Waals surface area (Å²) in [5, 5.41) is 2.67. The van der Waals surface area contributed by atoms with Crippen molar-refractivity contribution in [1.29, 1.82) is 0 Å². The Bertz CT molecular complexity index is 344. The van der Waals surface area contributed by atoms with E-state index in [0.717, 1.165) is 12.8 Å². The first-order valence-corrected chi connectivity index (χ1v) is 11.0. The zero-order valence-electron chi connectivity index (χ0n) is 17.6. The summed E-state index contributed by atoms with van der Waals surface area (Å²) in [6.07, 6.45) is 20.3. The Balaban J connectivity index is 3.24. The van der Waals surface area contributed by atoms with Gasteiger partial charge in [0.05, 0.1) is 7.11 Å². The molecule has 0 heterocycles. The van der Waals surface area contributed by atoms with Crippen LogP contribution in [0.1, 0.15) is 117 Å². The lowest BCUT2D eigenvalue weighted by atomic mass is 10.0. The first kappa shape index (κ1) is 24.9. The molecular weight excluding hydrogens is 326 g/mol. The number of amides is 1. The summed E-state index contributed by atoms with van der Waals surface area (Å²) in [4.78, 5) is 22.9. The largest absolute Gasteiger partial charge is 0.467 e. The fourth-order valence-corrected chi connectivity index (χ4v) is 3.21. The molecule has 0 aliphatic heterocycles. The van der Waals surface area contributed by atoms with Gasteiger partial charge in [0.2, 0.25) is 5.91 Å². The molecule has 26 heavy (non-hydrogen) atoms. The lowest BCUT2D eigenvalue weighted by molar-refractivity contribution is -0.144. The number of esters is 1. The Morgan fingerprint density at radius 1 is 0.731 bits per heavy atom. The van der Waals surface area contributed by atoms with Crippen molar-refractivity contribution in [2.75, 3.05) is 7.11 Å². The third kappa shape index (κ3) is 16.4. The average molecular weight is 370 g/mol. The Morgan fingerprint density at radius 3 is 1.50 bits per heavy atom. The van der Waals surface area contributed by atoms with Gasteiger partial charge >= 0.3 is 5.97 Å². The molecular formula is C22H43NO3. The molecule has 0 radical (unpaired) electrons. The average Bonchev–Trinajstić information content (AvgIpc) is 2.64. The molecule has 0 aromatic rings. The normalized spacial score (nSPS) is 12.0. The highest BCUT2D eigenvalue weighted by Crippen LogP contribution is 2.13. The van der Waals surface area contributed by atoms with Crippen molar-refractivity contribution in [3.63, 3.8) is 0 Å². The SMILES string of the molecule is CCCCCCCCCCCCCCCCCC(=O)N[C@@H](C)C(=O)OC. The van der Waals surface area contributed by atoms with E-state index in [1.807, 2.05) is 0 Å². The second-order valence-corrected chi connectivity index (χ2v) is 7.51. The number of methoxy groups -OCH3 is 1. The van der Waals surface area contributed by atoms with Gasteiger partial charge in [0.1, 0.15) is 6.04 Å². The predicted octanol–water partition coefficient (Wildman–Crippen LogP) is 5.93. The molecule has 0 rings (SSSR count). The van der Waals surface area contributed by atoms with Crippen molar-refractivity contribution in [3.8, 4) is 0 Å². The number of rotatable bonds is 18. The van der Waals surface area contributed by atoms with Gasteiger partial charge in [0.25, 0.3) is 0 Å². The van der Waals surface area contributed by atoms with E-state index in [0.29, 0.717) is 6.42 Å². The molecule has 0 aromatic heterocycles. The van der Waals surface area contributed by atoms with Crippen LogP contribution in [0.15, 0.2) is 0 Å². The molecule has 4 nitrogen and oxygen atoms in total. The lowest BCUT2D eigenvalue weighted by Gasteiger charge is -2.11. The standard InChI is InChI=1S/C22H43NO3/c1-4-5-6-7-8-9-10-11-12-13-14-15-16-17-18-19-21(24)23-20(2)22(25)26-3/h20H,4-19H2,1-3H3,(H,23,24)/t20-/m0/s1. The highest BCUT2D eigenvalue weighted by molar-refractivity contribution is 5.83. The van der Waals surface area contributed by atoms with Crippen LogP contribution in [0.2, 0.25) is 0 Å². The molecule has 0 spiro atoms. The van der Waals surface area contributed by atoms with Gasteiger partial charge in [0.15, 0.2) is 0 Å². The number of ether oxygens (including phenoxy) is 1. The molecule has 154 valence electrons. The van der Waals surface area contributed by atoms with Crippen LogP contribution < -0.4 is 5.32 Å². The summed E-state index contributed by atoms with van der Waals surface area (Å²) in [6.45, 7) is 3.92. The first-order valence-electron chi connectivity index (χ1n) is 11.0. The van der Waals surface area contributed by atoms with Crippen molar-refractivity contribution < 1.29 is 14.3 Å². The molecule has 0 fully saturated rings. The first-order chi connectivity index (χ1) is 12.6. The highest BCUT2D eigenvalue weighted by Gasteiger charge is 2.14. The van der Waals surface area contributed by atoms with Crippen molar-refractivity contribution in [1.82, 2.24) is 5.32 Å². The minimum atomic E-state index is -0.552. The Hall–Kier alpha value is -1.06. The van der Waals surface area contributed by atoms with Crippen LogP contribution in [0.25, 0.3) is 0 Å². The quantitative estimate of drug-likeness (QED) is 0.241. The molecule has 0 aliphatic rings. The molecule has 0 unspecified atom stereocenters. The number of carbonyl (C=O) groups is 2. The van der Waals surface area contributed by atoms with Crippen molar-refractivity contribution in [2.24, 2.45) is 0 Å². The zero-order valence-corrected chi connectivity index (χ0v) is 17.6. The van der Waals surface area contributed by atoms with Crippen LogP contribution >= 0.6 is 0 Å². The number of nitrogens with one attached hydrogen (secondary N) is 1. The third-order valence-corrected chi connectivity index (χ3v) is 4.94. The number of hydrogen-bond donors (Lipinski definition) is 1. The van der Waals surface area contributed by atoms with Crippen molar-refractivity contribution >= 4 is 11.9 Å². The molecule has 0 saturated heterocycles. The Labute approximate surface area is 161 Å². The van der Waals surface area contributed by atoms with E-state index in [4.69, 9.17) is 0 Å². The minimum absolute atomic E-state index is 0.0578. The molecule has 1 N–H and O–H groups in total. The van der Waals surface area contributed by atoms with Gasteiger partial charge in [-0.2, -0.15) is 0 Å². The highest BCUT2D eigenvalue weighted by atomic mass is 16.5. The fraction of sp³-hybridized carbons (Fsp3) is 0.909. The number of unbranched alkanes of at least 4 members (excludes halogenated alkanes) is 14. The van der Waals surface area contributed by atoms with Crippen LogP contribution in [0.5, 0.6) is 0 Å². The predicted molar refractivity (Wildman–Crippen MR) is 109 cm³/mol. The van der Waals surface area contributed by atoms with Crippen molar-refractivity contribution in [3.05, 3.63) is 0 Å². The summed E-state index contributed by atoms with van der Waals surface area (Å²) in [5.74, 6) is -0.451. The third-order valence-electron chi connectivity index (χ3n) is 4.94. The van der Waals surface area contributed by atoms with Crippen LogP contribution in [0.4, 0.5) is 0 Å². The summed E-state index contributed by atoms with van der Waals surface area (Å²) < 4.78 is 4.59. The smallest absolute Gasteiger partial charge is 0.328 e. The van der Waals surface area contributed by atoms with Gasteiger partial charge in [-0.15, -0.1) is 0 Å². The van der Waals surface area contributed by atoms with E-state index in [1.165, 1.54) is 90.6 Å². The maximum absolute atomic E-state index is 11.7. The van der Waals surface area contributed by atoms with E-state index in [-0.39, 0.29) is 5.91 Å². The van der Waals surface area contributed by atoms with E-state index in [2.05, 4.69) is 17.0 Å². The Morgan fingerprint density at radius 2 is 1.12 bits per heavy atom. The molecule has 1 atom stereocenters. The molecule has 0 aliphatic carbocycles. The van der Waals surface area contributed by atoms with Crippen molar-refractivity contribution in [2.45, 2.75) is 123 Å². The van der Waals surface area contributed by atoms with E-state index in [9.17, 15) is 9.59 Å². The van der Waals surface area contributed by atoms with E-state index in [1.54, 1.807) is 6.92 Å². The summed E-state index contributed by atoms with van der Waals surface area (Å²) >= 11 is 0. The van der Waals surface area contributed by atoms with Gasteiger partial charge in [-0.1, -0.05) is 96.8 Å². The van der Waals surface area contributed by atoms with E-state index >= 15 is 0 Å². The molecule has 0 bridgehead atoms. The zero-order chi connectivity index (χ0) is 19.5. The molecule has 0 aromatic carbocycles. The minimum Gasteiger partial charge on any atom is -0.467 e. The van der Waals surface area contributed by atoms with Crippen LogP contribution in [-0.4, -0.2) is 25.0 Å². The van der Waals surface area contributed by atoms with Gasteiger partial charge in [0, 0.05) is 6.42 Å². The maximum Gasteiger partial charge on any atom is 0.328 e. The van der Waals surface area contributed by atoms with E-state index < -0.39 is 12.0 Å². The summed E-state index contributed by atoms with van der Waals surface area (Å²) in [7, 11) is 1.33. The second kappa shape index (κ2) is 18.7. The molecule has 0 saturated carbocycles. The number of hydrogen-bond acceptors (Lipinski definition) is 3. The monoisotopic (exact) mass is 369 g/mol. The topological polar surface area (TPSA) is 55.4 Å². The number of carbonyl (C=O) groups excluding carboxylic acids is 2. The summed E-state index contributed by atoms with van der Waals surface area (Å²) in [6, 6.07) is -0.552. The summed E-state index contributed by atoms with van der Waals surface area (Å²) in [5.41, 5.74) is 0.